The van der Waals surface area contributed by atoms with Crippen LogP contribution in [0.2, 0.25) is 0 Å². The summed E-state index contributed by atoms with van der Waals surface area (Å²) >= 11 is 1.47. The van der Waals surface area contributed by atoms with Gasteiger partial charge in [0.1, 0.15) is 5.82 Å². The SMILES string of the molecule is O=C(CCSc1ccc(F)cc1)Nc1nnc(-c2ccncc2)o1. The first kappa shape index (κ1) is 16.1. The number of rotatable bonds is 6. The largest absolute Gasteiger partial charge is 0.403 e. The van der Waals surface area contributed by atoms with Gasteiger partial charge in [-0.25, -0.2) is 4.39 Å². The molecule has 0 atom stereocenters. The van der Waals surface area contributed by atoms with Gasteiger partial charge in [-0.1, -0.05) is 5.10 Å². The molecule has 1 N–H and O–H groups in total. The second-order valence-corrected chi connectivity index (χ2v) is 5.92. The number of anilines is 1. The van der Waals surface area contributed by atoms with Crippen LogP contribution in [0, 0.1) is 5.82 Å². The lowest BCUT2D eigenvalue weighted by Crippen LogP contribution is -2.12. The van der Waals surface area contributed by atoms with E-state index in [1.807, 2.05) is 0 Å². The van der Waals surface area contributed by atoms with E-state index in [1.165, 1.54) is 23.9 Å². The average Bonchev–Trinajstić information content (AvgIpc) is 3.06. The lowest BCUT2D eigenvalue weighted by atomic mass is 10.3. The van der Waals surface area contributed by atoms with Crippen LogP contribution < -0.4 is 5.32 Å². The topological polar surface area (TPSA) is 80.9 Å². The van der Waals surface area contributed by atoms with Crippen LogP contribution in [-0.4, -0.2) is 26.8 Å². The molecular weight excluding hydrogens is 331 g/mol. The number of carbonyl (C=O) groups is 1. The van der Waals surface area contributed by atoms with E-state index < -0.39 is 0 Å². The van der Waals surface area contributed by atoms with Gasteiger partial charge < -0.3 is 4.42 Å². The molecule has 122 valence electrons. The Balaban J connectivity index is 1.48. The van der Waals surface area contributed by atoms with Gasteiger partial charge in [-0.15, -0.1) is 16.9 Å². The molecule has 0 aliphatic rings. The highest BCUT2D eigenvalue weighted by molar-refractivity contribution is 7.99. The summed E-state index contributed by atoms with van der Waals surface area (Å²) in [5.41, 5.74) is 0.727. The normalized spacial score (nSPS) is 10.5. The van der Waals surface area contributed by atoms with E-state index in [1.54, 1.807) is 36.7 Å². The number of hydrogen-bond acceptors (Lipinski definition) is 6. The minimum absolute atomic E-state index is 0.0543. The standard InChI is InChI=1S/C16H13FN4O2S/c17-12-1-3-13(4-2-12)24-10-7-14(22)19-16-21-20-15(23-16)11-5-8-18-9-6-11/h1-6,8-9H,7,10H2,(H,19,21,22). The molecule has 2 heterocycles. The van der Waals surface area contributed by atoms with Crippen LogP contribution in [0.5, 0.6) is 0 Å². The summed E-state index contributed by atoms with van der Waals surface area (Å²) in [5.74, 6) is 0.365. The van der Waals surface area contributed by atoms with Gasteiger partial charge in [0, 0.05) is 35.0 Å². The molecule has 0 spiro atoms. The summed E-state index contributed by atoms with van der Waals surface area (Å²) in [6.45, 7) is 0. The molecule has 3 rings (SSSR count). The first-order valence-electron chi connectivity index (χ1n) is 7.13. The molecular formula is C16H13FN4O2S. The molecule has 0 aliphatic carbocycles. The monoisotopic (exact) mass is 344 g/mol. The van der Waals surface area contributed by atoms with Crippen molar-refractivity contribution in [1.29, 1.82) is 0 Å². The Kier molecular flexibility index (Phi) is 5.17. The van der Waals surface area contributed by atoms with Crippen LogP contribution in [0.3, 0.4) is 0 Å². The Morgan fingerprint density at radius 3 is 2.62 bits per heavy atom. The number of amides is 1. The number of aromatic nitrogens is 3. The predicted molar refractivity (Wildman–Crippen MR) is 87.9 cm³/mol. The molecule has 6 nitrogen and oxygen atoms in total. The molecule has 0 fully saturated rings. The van der Waals surface area contributed by atoms with Crippen LogP contribution >= 0.6 is 11.8 Å². The van der Waals surface area contributed by atoms with Crippen molar-refractivity contribution in [3.05, 3.63) is 54.6 Å². The molecule has 0 unspecified atom stereocenters. The lowest BCUT2D eigenvalue weighted by Gasteiger charge is -2.01. The zero-order chi connectivity index (χ0) is 16.8. The van der Waals surface area contributed by atoms with Gasteiger partial charge in [0.15, 0.2) is 0 Å². The second kappa shape index (κ2) is 7.69. The van der Waals surface area contributed by atoms with Gasteiger partial charge in [-0.2, -0.15) is 0 Å². The number of thioether (sulfide) groups is 1. The minimum atomic E-state index is -0.279. The second-order valence-electron chi connectivity index (χ2n) is 4.75. The van der Waals surface area contributed by atoms with Gasteiger partial charge in [0.2, 0.25) is 11.8 Å². The Hall–Kier alpha value is -2.74. The highest BCUT2D eigenvalue weighted by Gasteiger charge is 2.11. The van der Waals surface area contributed by atoms with E-state index in [0.717, 1.165) is 10.5 Å². The van der Waals surface area contributed by atoms with Crippen LogP contribution in [0.1, 0.15) is 6.42 Å². The van der Waals surface area contributed by atoms with Crippen molar-refractivity contribution in [2.24, 2.45) is 0 Å². The maximum Gasteiger partial charge on any atom is 0.322 e. The molecule has 24 heavy (non-hydrogen) atoms. The third-order valence-electron chi connectivity index (χ3n) is 3.01. The molecule has 0 saturated heterocycles. The molecule has 0 radical (unpaired) electrons. The van der Waals surface area contributed by atoms with Crippen molar-refractivity contribution in [3.63, 3.8) is 0 Å². The Bertz CT molecular complexity index is 808. The molecule has 0 saturated carbocycles. The van der Waals surface area contributed by atoms with Crippen LogP contribution in [0.25, 0.3) is 11.5 Å². The maximum absolute atomic E-state index is 12.8. The fraction of sp³-hybridized carbons (Fsp3) is 0.125. The zero-order valence-electron chi connectivity index (χ0n) is 12.5. The molecule has 3 aromatic rings. The molecule has 2 aromatic heterocycles. The van der Waals surface area contributed by atoms with E-state index in [4.69, 9.17) is 4.42 Å². The van der Waals surface area contributed by atoms with Crippen molar-refractivity contribution in [2.75, 3.05) is 11.1 Å². The van der Waals surface area contributed by atoms with E-state index in [0.29, 0.717) is 11.6 Å². The van der Waals surface area contributed by atoms with E-state index in [2.05, 4.69) is 20.5 Å². The summed E-state index contributed by atoms with van der Waals surface area (Å²) in [6.07, 6.45) is 3.50. The van der Waals surface area contributed by atoms with E-state index >= 15 is 0 Å². The Labute approximate surface area is 141 Å². The van der Waals surface area contributed by atoms with Crippen molar-refractivity contribution in [2.45, 2.75) is 11.3 Å². The number of pyridine rings is 1. The fourth-order valence-electron chi connectivity index (χ4n) is 1.86. The van der Waals surface area contributed by atoms with Crippen LogP contribution in [0.15, 0.2) is 58.1 Å². The number of carbonyl (C=O) groups excluding carboxylic acids is 1. The summed E-state index contributed by atoms with van der Waals surface area (Å²) in [5, 5.41) is 10.2. The third kappa shape index (κ3) is 4.39. The van der Waals surface area contributed by atoms with Gasteiger partial charge in [0.05, 0.1) is 0 Å². The minimum Gasteiger partial charge on any atom is -0.403 e. The van der Waals surface area contributed by atoms with Gasteiger partial charge in [0.25, 0.3) is 0 Å². The van der Waals surface area contributed by atoms with Gasteiger partial charge in [-0.05, 0) is 36.4 Å². The van der Waals surface area contributed by atoms with Crippen LogP contribution in [-0.2, 0) is 4.79 Å². The molecule has 0 bridgehead atoms. The van der Waals surface area contributed by atoms with Crippen molar-refractivity contribution < 1.29 is 13.6 Å². The van der Waals surface area contributed by atoms with Gasteiger partial charge in [-0.3, -0.25) is 15.1 Å². The number of nitrogens with zero attached hydrogens (tertiary/aromatic N) is 3. The molecule has 1 amide bonds. The van der Waals surface area contributed by atoms with Crippen molar-refractivity contribution >= 4 is 23.7 Å². The number of benzene rings is 1. The third-order valence-corrected chi connectivity index (χ3v) is 4.02. The highest BCUT2D eigenvalue weighted by atomic mass is 32.2. The molecule has 8 heteroatoms. The highest BCUT2D eigenvalue weighted by Crippen LogP contribution is 2.20. The smallest absolute Gasteiger partial charge is 0.322 e. The molecule has 1 aromatic carbocycles. The summed E-state index contributed by atoms with van der Waals surface area (Å²) < 4.78 is 18.2. The predicted octanol–water partition coefficient (Wildman–Crippen LogP) is 3.39. The first-order chi connectivity index (χ1) is 11.7. The summed E-state index contributed by atoms with van der Waals surface area (Å²) in [6, 6.07) is 9.66. The number of hydrogen-bond donors (Lipinski definition) is 1. The Morgan fingerprint density at radius 1 is 1.12 bits per heavy atom. The summed E-state index contributed by atoms with van der Waals surface area (Å²) in [4.78, 5) is 16.7. The number of halogens is 1. The van der Waals surface area contributed by atoms with Crippen molar-refractivity contribution in [1.82, 2.24) is 15.2 Å². The quantitative estimate of drug-likeness (QED) is 0.690. The van der Waals surface area contributed by atoms with E-state index in [9.17, 15) is 9.18 Å². The maximum atomic E-state index is 12.8. The van der Waals surface area contributed by atoms with Gasteiger partial charge >= 0.3 is 6.01 Å². The Morgan fingerprint density at radius 2 is 1.88 bits per heavy atom. The molecule has 0 aliphatic heterocycles. The fourth-order valence-corrected chi connectivity index (χ4v) is 2.71. The summed E-state index contributed by atoms with van der Waals surface area (Å²) in [7, 11) is 0. The van der Waals surface area contributed by atoms with E-state index in [-0.39, 0.29) is 24.2 Å². The average molecular weight is 344 g/mol. The van der Waals surface area contributed by atoms with Crippen LogP contribution in [0.4, 0.5) is 10.4 Å². The van der Waals surface area contributed by atoms with Crippen molar-refractivity contribution in [3.8, 4) is 11.5 Å². The zero-order valence-corrected chi connectivity index (χ0v) is 13.3. The number of nitrogens with one attached hydrogen (secondary N) is 1. The first-order valence-corrected chi connectivity index (χ1v) is 8.11. The lowest BCUT2D eigenvalue weighted by molar-refractivity contribution is -0.115.